The molecule has 0 spiro atoms. The zero-order chi connectivity index (χ0) is 14.4. The summed E-state index contributed by atoms with van der Waals surface area (Å²) in [6.07, 6.45) is 3.87. The SMILES string of the molecule is CCOc1ccc(C(C)CCNC2CC2)cc1OCC. The van der Waals surface area contributed by atoms with Gasteiger partial charge < -0.3 is 14.8 Å². The zero-order valence-corrected chi connectivity index (χ0v) is 12.9. The van der Waals surface area contributed by atoms with E-state index in [1.54, 1.807) is 0 Å². The van der Waals surface area contributed by atoms with E-state index < -0.39 is 0 Å². The van der Waals surface area contributed by atoms with Crippen LogP contribution in [0.1, 0.15) is 51.5 Å². The van der Waals surface area contributed by atoms with Gasteiger partial charge in [0.15, 0.2) is 11.5 Å². The molecule has 1 unspecified atom stereocenters. The number of hydrogen-bond donors (Lipinski definition) is 1. The number of nitrogens with one attached hydrogen (secondary N) is 1. The van der Waals surface area contributed by atoms with Crippen LogP contribution in [0.2, 0.25) is 0 Å². The van der Waals surface area contributed by atoms with Crippen molar-refractivity contribution in [2.24, 2.45) is 0 Å². The first kappa shape index (κ1) is 15.2. The molecule has 0 aromatic heterocycles. The van der Waals surface area contributed by atoms with Gasteiger partial charge in [-0.2, -0.15) is 0 Å². The van der Waals surface area contributed by atoms with Crippen LogP contribution < -0.4 is 14.8 Å². The molecule has 1 aliphatic rings. The molecule has 0 heterocycles. The van der Waals surface area contributed by atoms with E-state index >= 15 is 0 Å². The van der Waals surface area contributed by atoms with Crippen LogP contribution in [0.4, 0.5) is 0 Å². The Morgan fingerprint density at radius 2 is 1.85 bits per heavy atom. The number of ether oxygens (including phenoxy) is 2. The van der Waals surface area contributed by atoms with E-state index in [9.17, 15) is 0 Å². The molecular formula is C17H27NO2. The van der Waals surface area contributed by atoms with Crippen LogP contribution in [0, 0.1) is 0 Å². The van der Waals surface area contributed by atoms with Crippen molar-refractivity contribution in [3.05, 3.63) is 23.8 Å². The number of hydrogen-bond acceptors (Lipinski definition) is 3. The average molecular weight is 277 g/mol. The second-order valence-corrected chi connectivity index (χ2v) is 5.49. The maximum Gasteiger partial charge on any atom is 0.161 e. The minimum Gasteiger partial charge on any atom is -0.490 e. The zero-order valence-electron chi connectivity index (χ0n) is 12.9. The van der Waals surface area contributed by atoms with Crippen molar-refractivity contribution in [1.29, 1.82) is 0 Å². The molecule has 3 nitrogen and oxygen atoms in total. The summed E-state index contributed by atoms with van der Waals surface area (Å²) in [6, 6.07) is 7.13. The van der Waals surface area contributed by atoms with E-state index in [2.05, 4.69) is 24.4 Å². The highest BCUT2D eigenvalue weighted by molar-refractivity contribution is 5.44. The quantitative estimate of drug-likeness (QED) is 0.746. The highest BCUT2D eigenvalue weighted by atomic mass is 16.5. The third-order valence-electron chi connectivity index (χ3n) is 3.72. The molecule has 1 saturated carbocycles. The van der Waals surface area contributed by atoms with Crippen LogP contribution in [0.15, 0.2) is 18.2 Å². The summed E-state index contributed by atoms with van der Waals surface area (Å²) in [5.74, 6) is 2.26. The first-order chi connectivity index (χ1) is 9.74. The first-order valence-electron chi connectivity index (χ1n) is 7.87. The van der Waals surface area contributed by atoms with Gasteiger partial charge in [-0.3, -0.25) is 0 Å². The van der Waals surface area contributed by atoms with Crippen molar-refractivity contribution in [2.45, 2.75) is 52.0 Å². The fraction of sp³-hybridized carbons (Fsp3) is 0.647. The second kappa shape index (κ2) is 7.53. The number of rotatable bonds is 9. The average Bonchev–Trinajstić information content (AvgIpc) is 3.25. The first-order valence-corrected chi connectivity index (χ1v) is 7.87. The van der Waals surface area contributed by atoms with Gasteiger partial charge in [-0.1, -0.05) is 13.0 Å². The molecule has 20 heavy (non-hydrogen) atoms. The Kier molecular flexibility index (Phi) is 5.72. The molecule has 0 saturated heterocycles. The minimum atomic E-state index is 0.538. The number of benzene rings is 1. The Morgan fingerprint density at radius 1 is 1.15 bits per heavy atom. The monoisotopic (exact) mass is 277 g/mol. The van der Waals surface area contributed by atoms with E-state index in [4.69, 9.17) is 9.47 Å². The van der Waals surface area contributed by atoms with Gasteiger partial charge in [0.2, 0.25) is 0 Å². The van der Waals surface area contributed by atoms with Crippen LogP contribution in [-0.4, -0.2) is 25.8 Å². The lowest BCUT2D eigenvalue weighted by Gasteiger charge is -2.16. The smallest absolute Gasteiger partial charge is 0.161 e. The summed E-state index contributed by atoms with van der Waals surface area (Å²) in [5.41, 5.74) is 1.33. The van der Waals surface area contributed by atoms with Crippen molar-refractivity contribution >= 4 is 0 Å². The highest BCUT2D eigenvalue weighted by Crippen LogP contribution is 2.32. The molecule has 1 aromatic carbocycles. The van der Waals surface area contributed by atoms with E-state index in [1.165, 1.54) is 18.4 Å². The normalized spacial score (nSPS) is 15.9. The highest BCUT2D eigenvalue weighted by Gasteiger charge is 2.20. The molecule has 1 fully saturated rings. The molecule has 1 aliphatic carbocycles. The van der Waals surface area contributed by atoms with Crippen LogP contribution in [-0.2, 0) is 0 Å². The van der Waals surface area contributed by atoms with Gasteiger partial charge in [-0.05, 0) is 63.3 Å². The Balaban J connectivity index is 1.96. The Labute approximate surface area is 122 Å². The van der Waals surface area contributed by atoms with E-state index in [1.807, 2.05) is 19.9 Å². The molecule has 1 N–H and O–H groups in total. The lowest BCUT2D eigenvalue weighted by molar-refractivity contribution is 0.287. The van der Waals surface area contributed by atoms with Gasteiger partial charge in [0.25, 0.3) is 0 Å². The molecular weight excluding hydrogens is 250 g/mol. The molecule has 0 radical (unpaired) electrons. The standard InChI is InChI=1S/C17H27NO2/c1-4-19-16-9-6-14(12-17(16)20-5-2)13(3)10-11-18-15-7-8-15/h6,9,12-13,15,18H,4-5,7-8,10-11H2,1-3H3. The molecule has 0 bridgehead atoms. The predicted molar refractivity (Wildman–Crippen MR) is 82.8 cm³/mol. The third kappa shape index (κ3) is 4.41. The predicted octanol–water partition coefficient (Wildman–Crippen LogP) is 3.73. The lowest BCUT2D eigenvalue weighted by Crippen LogP contribution is -2.19. The van der Waals surface area contributed by atoms with Gasteiger partial charge in [-0.15, -0.1) is 0 Å². The minimum absolute atomic E-state index is 0.538. The van der Waals surface area contributed by atoms with E-state index in [-0.39, 0.29) is 0 Å². The summed E-state index contributed by atoms with van der Waals surface area (Å²) < 4.78 is 11.3. The topological polar surface area (TPSA) is 30.5 Å². The van der Waals surface area contributed by atoms with Crippen molar-refractivity contribution in [3.8, 4) is 11.5 Å². The molecule has 2 rings (SSSR count). The Morgan fingerprint density at radius 3 is 2.50 bits per heavy atom. The van der Waals surface area contributed by atoms with Crippen molar-refractivity contribution in [1.82, 2.24) is 5.32 Å². The third-order valence-corrected chi connectivity index (χ3v) is 3.72. The molecule has 0 amide bonds. The fourth-order valence-electron chi connectivity index (χ4n) is 2.33. The van der Waals surface area contributed by atoms with Gasteiger partial charge in [0.05, 0.1) is 13.2 Å². The van der Waals surface area contributed by atoms with Crippen LogP contribution in [0.3, 0.4) is 0 Å². The summed E-state index contributed by atoms with van der Waals surface area (Å²) >= 11 is 0. The van der Waals surface area contributed by atoms with Crippen LogP contribution in [0.5, 0.6) is 11.5 Å². The summed E-state index contributed by atoms with van der Waals surface area (Å²) in [7, 11) is 0. The van der Waals surface area contributed by atoms with Crippen molar-refractivity contribution in [2.75, 3.05) is 19.8 Å². The summed E-state index contributed by atoms with van der Waals surface area (Å²) in [5, 5.41) is 3.57. The second-order valence-electron chi connectivity index (χ2n) is 5.49. The van der Waals surface area contributed by atoms with Gasteiger partial charge in [0, 0.05) is 6.04 Å². The molecule has 0 aliphatic heterocycles. The molecule has 112 valence electrons. The van der Waals surface area contributed by atoms with Gasteiger partial charge >= 0.3 is 0 Å². The molecule has 3 heteroatoms. The van der Waals surface area contributed by atoms with Crippen molar-refractivity contribution in [3.63, 3.8) is 0 Å². The van der Waals surface area contributed by atoms with Gasteiger partial charge in [0.1, 0.15) is 0 Å². The lowest BCUT2D eigenvalue weighted by atomic mass is 9.97. The van der Waals surface area contributed by atoms with Crippen molar-refractivity contribution < 1.29 is 9.47 Å². The summed E-state index contributed by atoms with van der Waals surface area (Å²) in [4.78, 5) is 0. The van der Waals surface area contributed by atoms with E-state index in [0.717, 1.165) is 30.5 Å². The van der Waals surface area contributed by atoms with E-state index in [0.29, 0.717) is 19.1 Å². The maximum absolute atomic E-state index is 5.69. The van der Waals surface area contributed by atoms with Crippen LogP contribution in [0.25, 0.3) is 0 Å². The Bertz CT molecular complexity index is 415. The molecule has 1 atom stereocenters. The largest absolute Gasteiger partial charge is 0.490 e. The molecule has 1 aromatic rings. The summed E-state index contributed by atoms with van der Waals surface area (Å²) in [6.45, 7) is 8.71. The Hall–Kier alpha value is -1.22. The fourth-order valence-corrected chi connectivity index (χ4v) is 2.33. The van der Waals surface area contributed by atoms with Crippen LogP contribution >= 0.6 is 0 Å². The maximum atomic E-state index is 5.69. The van der Waals surface area contributed by atoms with Gasteiger partial charge in [-0.25, -0.2) is 0 Å².